The highest BCUT2D eigenvalue weighted by Gasteiger charge is 2.22. The van der Waals surface area contributed by atoms with Crippen LogP contribution in [0.1, 0.15) is 30.6 Å². The molecule has 0 saturated heterocycles. The van der Waals surface area contributed by atoms with Gasteiger partial charge in [0.2, 0.25) is 0 Å². The van der Waals surface area contributed by atoms with Gasteiger partial charge in [0.1, 0.15) is 24.1 Å². The van der Waals surface area contributed by atoms with E-state index < -0.39 is 11.6 Å². The average molecular weight is 506 g/mol. The molecule has 0 radical (unpaired) electrons. The number of benzene rings is 1. The third-order valence-electron chi connectivity index (χ3n) is 4.28. The van der Waals surface area contributed by atoms with Crippen LogP contribution in [0.2, 0.25) is 0 Å². The number of ether oxygens (including phenoxy) is 1. The second-order valence-corrected chi connectivity index (χ2v) is 6.37. The van der Waals surface area contributed by atoms with Crippen molar-refractivity contribution in [1.82, 2.24) is 25.4 Å². The van der Waals surface area contributed by atoms with Crippen molar-refractivity contribution in [2.45, 2.75) is 45.5 Å². The van der Waals surface area contributed by atoms with Crippen LogP contribution in [0, 0.1) is 11.6 Å². The first-order valence-corrected chi connectivity index (χ1v) is 8.99. The Labute approximate surface area is 180 Å². The molecule has 1 aliphatic heterocycles. The highest BCUT2D eigenvalue weighted by atomic mass is 127. The lowest BCUT2D eigenvalue weighted by atomic mass is 10.1. The van der Waals surface area contributed by atoms with Gasteiger partial charge in [-0.1, -0.05) is 0 Å². The maximum atomic E-state index is 13.8. The van der Waals surface area contributed by atoms with E-state index >= 15 is 0 Å². The third-order valence-corrected chi connectivity index (χ3v) is 4.28. The van der Waals surface area contributed by atoms with Crippen LogP contribution in [0.3, 0.4) is 0 Å². The predicted molar refractivity (Wildman–Crippen MR) is 113 cm³/mol. The van der Waals surface area contributed by atoms with Crippen molar-refractivity contribution < 1.29 is 13.5 Å². The maximum Gasteiger partial charge on any atom is 0.191 e. The van der Waals surface area contributed by atoms with Gasteiger partial charge in [-0.25, -0.2) is 23.4 Å². The Balaban J connectivity index is 0.00000280. The van der Waals surface area contributed by atoms with Gasteiger partial charge >= 0.3 is 0 Å². The Bertz CT molecular complexity index is 813. The van der Waals surface area contributed by atoms with E-state index in [2.05, 4.69) is 25.7 Å². The molecule has 2 heterocycles. The van der Waals surface area contributed by atoms with Gasteiger partial charge in [0.05, 0.1) is 13.1 Å². The summed E-state index contributed by atoms with van der Waals surface area (Å²) in [6.45, 7) is 3.72. The monoisotopic (exact) mass is 506 g/mol. The van der Waals surface area contributed by atoms with E-state index in [1.807, 2.05) is 11.6 Å². The van der Waals surface area contributed by atoms with Gasteiger partial charge in [0.15, 0.2) is 11.8 Å². The van der Waals surface area contributed by atoms with E-state index in [1.165, 1.54) is 6.07 Å². The largest absolute Gasteiger partial charge is 0.377 e. The van der Waals surface area contributed by atoms with Crippen LogP contribution in [0.25, 0.3) is 0 Å². The molecule has 7 nitrogen and oxygen atoms in total. The molecule has 1 aliphatic rings. The van der Waals surface area contributed by atoms with Crippen molar-refractivity contribution in [1.29, 1.82) is 0 Å². The number of guanidine groups is 1. The zero-order valence-corrected chi connectivity index (χ0v) is 18.2. The van der Waals surface area contributed by atoms with E-state index in [4.69, 9.17) is 4.74 Å². The average Bonchev–Trinajstić information content (AvgIpc) is 3.04. The number of aryl methyl sites for hydroxylation is 1. The molecule has 28 heavy (non-hydrogen) atoms. The van der Waals surface area contributed by atoms with E-state index in [1.54, 1.807) is 7.11 Å². The Morgan fingerprint density at radius 1 is 1.39 bits per heavy atom. The molecule has 0 bridgehead atoms. The quantitative estimate of drug-likeness (QED) is 0.358. The summed E-state index contributed by atoms with van der Waals surface area (Å²) in [6.07, 6.45) is 1.68. The summed E-state index contributed by atoms with van der Waals surface area (Å²) in [5.74, 6) is 1.25. The molecular weight excluding hydrogens is 481 g/mol. The number of aliphatic imine (C=N–C) groups is 1. The Morgan fingerprint density at radius 2 is 2.21 bits per heavy atom. The topological polar surface area (TPSA) is 76.4 Å². The van der Waals surface area contributed by atoms with Gasteiger partial charge in [-0.3, -0.25) is 0 Å². The van der Waals surface area contributed by atoms with Gasteiger partial charge < -0.3 is 15.4 Å². The second-order valence-electron chi connectivity index (χ2n) is 6.37. The fraction of sp³-hybridized carbons (Fsp3) is 0.500. The molecule has 1 aromatic carbocycles. The zero-order valence-electron chi connectivity index (χ0n) is 15.9. The standard InChI is InChI=1S/C18H24F2N6O.HI/c1-3-21-18(22-9-12-8-13(19)4-6-15(12)20)23-14-5-7-17-24-16(11-27-2)25-26(17)10-14;/h4,6,8,14H,3,5,7,9-11H2,1-2H3,(H2,21,22,23);1H. The molecule has 10 heteroatoms. The van der Waals surface area contributed by atoms with Crippen molar-refractivity contribution >= 4 is 29.9 Å². The SMILES string of the molecule is CCNC(=NCc1cc(F)ccc1F)NC1CCc2nc(COC)nn2C1.I. The molecular formula is C18H25F2IN6O. The van der Waals surface area contributed by atoms with Crippen molar-refractivity contribution in [3.05, 3.63) is 47.0 Å². The molecule has 3 rings (SSSR count). The predicted octanol–water partition coefficient (Wildman–Crippen LogP) is 2.39. The number of rotatable bonds is 6. The van der Waals surface area contributed by atoms with Crippen LogP contribution >= 0.6 is 24.0 Å². The summed E-state index contributed by atoms with van der Waals surface area (Å²) in [4.78, 5) is 8.85. The number of hydrogen-bond donors (Lipinski definition) is 2. The lowest BCUT2D eigenvalue weighted by molar-refractivity contribution is 0.177. The fourth-order valence-electron chi connectivity index (χ4n) is 3.01. The maximum absolute atomic E-state index is 13.8. The second kappa shape index (κ2) is 10.6. The van der Waals surface area contributed by atoms with Gasteiger partial charge in [-0.05, 0) is 31.5 Å². The molecule has 0 spiro atoms. The van der Waals surface area contributed by atoms with Crippen molar-refractivity contribution in [2.75, 3.05) is 13.7 Å². The summed E-state index contributed by atoms with van der Waals surface area (Å²) in [6, 6.07) is 3.50. The zero-order chi connectivity index (χ0) is 19.2. The molecule has 2 N–H and O–H groups in total. The number of fused-ring (bicyclic) bond motifs is 1. The number of aromatic nitrogens is 3. The normalized spacial score (nSPS) is 16.3. The number of halogens is 3. The highest BCUT2D eigenvalue weighted by molar-refractivity contribution is 14.0. The van der Waals surface area contributed by atoms with Crippen LogP contribution in [-0.4, -0.2) is 40.4 Å². The highest BCUT2D eigenvalue weighted by Crippen LogP contribution is 2.14. The van der Waals surface area contributed by atoms with Gasteiger partial charge in [-0.15, -0.1) is 24.0 Å². The van der Waals surface area contributed by atoms with Crippen molar-refractivity contribution in [2.24, 2.45) is 4.99 Å². The number of nitrogens with zero attached hydrogens (tertiary/aromatic N) is 4. The van der Waals surface area contributed by atoms with E-state index in [0.29, 0.717) is 31.5 Å². The Hall–Kier alpha value is -1.82. The molecule has 0 saturated carbocycles. The van der Waals surface area contributed by atoms with Gasteiger partial charge in [0.25, 0.3) is 0 Å². The van der Waals surface area contributed by atoms with Gasteiger partial charge in [-0.2, -0.15) is 5.10 Å². The minimum Gasteiger partial charge on any atom is -0.377 e. The van der Waals surface area contributed by atoms with E-state index in [9.17, 15) is 8.78 Å². The lowest BCUT2D eigenvalue weighted by Crippen LogP contribution is -2.47. The molecule has 1 atom stereocenters. The van der Waals surface area contributed by atoms with Crippen molar-refractivity contribution in [3.8, 4) is 0 Å². The van der Waals surface area contributed by atoms with Crippen LogP contribution in [-0.2, 0) is 30.9 Å². The third kappa shape index (κ3) is 5.84. The number of nitrogens with one attached hydrogen (secondary N) is 2. The van der Waals surface area contributed by atoms with Crippen molar-refractivity contribution in [3.63, 3.8) is 0 Å². The molecule has 0 fully saturated rings. The van der Waals surface area contributed by atoms with Crippen LogP contribution in [0.15, 0.2) is 23.2 Å². The molecule has 0 aliphatic carbocycles. The van der Waals surface area contributed by atoms with E-state index in [-0.39, 0.29) is 42.1 Å². The minimum atomic E-state index is -0.475. The lowest BCUT2D eigenvalue weighted by Gasteiger charge is -2.25. The first kappa shape index (κ1) is 22.5. The summed E-state index contributed by atoms with van der Waals surface area (Å²) < 4.78 is 34.1. The smallest absolute Gasteiger partial charge is 0.191 e. The fourth-order valence-corrected chi connectivity index (χ4v) is 3.01. The first-order chi connectivity index (χ1) is 13.1. The summed E-state index contributed by atoms with van der Waals surface area (Å²) in [7, 11) is 1.62. The van der Waals surface area contributed by atoms with Gasteiger partial charge in [0, 0.05) is 31.7 Å². The Morgan fingerprint density at radius 3 is 2.96 bits per heavy atom. The molecule has 1 unspecified atom stereocenters. The molecule has 0 amide bonds. The molecule has 154 valence electrons. The summed E-state index contributed by atoms with van der Waals surface area (Å²) in [5.41, 5.74) is 0.221. The van der Waals surface area contributed by atoms with Crippen LogP contribution < -0.4 is 10.6 Å². The minimum absolute atomic E-state index is 0. The van der Waals surface area contributed by atoms with Crippen LogP contribution in [0.5, 0.6) is 0 Å². The number of methoxy groups -OCH3 is 1. The first-order valence-electron chi connectivity index (χ1n) is 8.99. The van der Waals surface area contributed by atoms with E-state index in [0.717, 1.165) is 30.8 Å². The molecule has 1 aromatic heterocycles. The molecule has 2 aromatic rings. The summed E-state index contributed by atoms with van der Waals surface area (Å²) in [5, 5.41) is 10.9. The van der Waals surface area contributed by atoms with Crippen LogP contribution in [0.4, 0.5) is 8.78 Å². The summed E-state index contributed by atoms with van der Waals surface area (Å²) >= 11 is 0. The Kier molecular flexibility index (Phi) is 8.55. The number of hydrogen-bond acceptors (Lipinski definition) is 4.